The zero-order valence-electron chi connectivity index (χ0n) is 21.0. The number of hydrogen-bond acceptors (Lipinski definition) is 6. The molecule has 0 heterocycles. The molecule has 0 saturated heterocycles. The van der Waals surface area contributed by atoms with Crippen molar-refractivity contribution in [3.8, 4) is 11.5 Å². The quantitative estimate of drug-likeness (QED) is 0.346. The number of benzene rings is 2. The van der Waals surface area contributed by atoms with Crippen LogP contribution in [0.15, 0.2) is 48.5 Å². The number of rotatable bonds is 12. The summed E-state index contributed by atoms with van der Waals surface area (Å²) in [5.41, 5.74) is 0.880. The molecule has 2 amide bonds. The smallest absolute Gasteiger partial charge is 0.311 e. The third-order valence-corrected chi connectivity index (χ3v) is 6.53. The number of amides is 2. The third-order valence-electron chi connectivity index (χ3n) is 6.53. The molecule has 0 radical (unpaired) electrons. The van der Waals surface area contributed by atoms with Gasteiger partial charge in [-0.05, 0) is 37.3 Å². The van der Waals surface area contributed by atoms with Gasteiger partial charge in [0.15, 0.2) is 6.61 Å². The van der Waals surface area contributed by atoms with E-state index >= 15 is 0 Å². The van der Waals surface area contributed by atoms with Crippen molar-refractivity contribution in [3.63, 3.8) is 0 Å². The highest BCUT2D eigenvalue weighted by Gasteiger charge is 2.30. The number of methoxy groups -OCH3 is 1. The van der Waals surface area contributed by atoms with Gasteiger partial charge in [-0.25, -0.2) is 0 Å². The van der Waals surface area contributed by atoms with Gasteiger partial charge in [0.1, 0.15) is 11.8 Å². The maximum Gasteiger partial charge on any atom is 0.311 e. The molecule has 2 aromatic carbocycles. The highest BCUT2D eigenvalue weighted by Crippen LogP contribution is 2.30. The fourth-order valence-corrected chi connectivity index (χ4v) is 4.57. The molecule has 0 aromatic heterocycles. The number of hydrogen-bond donors (Lipinski definition) is 1. The van der Waals surface area contributed by atoms with E-state index in [2.05, 4.69) is 5.32 Å². The van der Waals surface area contributed by atoms with Crippen LogP contribution in [-0.2, 0) is 16.0 Å². The Morgan fingerprint density at radius 3 is 2.50 bits per heavy atom. The van der Waals surface area contributed by atoms with Gasteiger partial charge in [-0.1, -0.05) is 56.5 Å². The number of carbonyl (C=O) groups is 2. The van der Waals surface area contributed by atoms with Crippen LogP contribution in [0.2, 0.25) is 0 Å². The lowest BCUT2D eigenvalue weighted by Gasteiger charge is -2.32. The molecule has 1 aliphatic carbocycles. The van der Waals surface area contributed by atoms with Crippen molar-refractivity contribution in [2.45, 2.75) is 64.0 Å². The molecular formula is C27H35N3O6. The first-order valence-corrected chi connectivity index (χ1v) is 12.5. The van der Waals surface area contributed by atoms with Crippen molar-refractivity contribution in [2.24, 2.45) is 0 Å². The Bertz CT molecular complexity index is 1020. The summed E-state index contributed by atoms with van der Waals surface area (Å²) in [7, 11) is 1.33. The zero-order chi connectivity index (χ0) is 25.9. The SMILES string of the molecule is CC[C@H](C(=O)NC1CCCCC1)N(CCc1ccccc1)C(=O)COc1ccc([N+](=O)[O-])c(OC)c1. The van der Waals surface area contributed by atoms with Crippen molar-refractivity contribution in [2.75, 3.05) is 20.3 Å². The number of nitrogens with zero attached hydrogens (tertiary/aromatic N) is 2. The van der Waals surface area contributed by atoms with Crippen LogP contribution in [0.1, 0.15) is 51.0 Å². The van der Waals surface area contributed by atoms with E-state index in [1.54, 1.807) is 4.90 Å². The number of nitrogens with one attached hydrogen (secondary N) is 1. The highest BCUT2D eigenvalue weighted by atomic mass is 16.6. The van der Waals surface area contributed by atoms with Gasteiger partial charge in [0.2, 0.25) is 11.7 Å². The van der Waals surface area contributed by atoms with Crippen LogP contribution in [0, 0.1) is 10.1 Å². The molecule has 3 rings (SSSR count). The monoisotopic (exact) mass is 497 g/mol. The Morgan fingerprint density at radius 1 is 1.14 bits per heavy atom. The van der Waals surface area contributed by atoms with Gasteiger partial charge >= 0.3 is 5.69 Å². The van der Waals surface area contributed by atoms with E-state index in [0.717, 1.165) is 31.2 Å². The van der Waals surface area contributed by atoms with Crippen molar-refractivity contribution < 1.29 is 24.0 Å². The maximum absolute atomic E-state index is 13.3. The molecule has 1 saturated carbocycles. The Morgan fingerprint density at radius 2 is 1.86 bits per heavy atom. The van der Waals surface area contributed by atoms with Gasteiger partial charge in [-0.3, -0.25) is 19.7 Å². The van der Waals surface area contributed by atoms with Crippen LogP contribution in [0.3, 0.4) is 0 Å². The molecule has 0 bridgehead atoms. The summed E-state index contributed by atoms with van der Waals surface area (Å²) < 4.78 is 10.8. The highest BCUT2D eigenvalue weighted by molar-refractivity contribution is 5.88. The van der Waals surface area contributed by atoms with Crippen LogP contribution >= 0.6 is 0 Å². The lowest BCUT2D eigenvalue weighted by atomic mass is 9.95. The molecule has 36 heavy (non-hydrogen) atoms. The first kappa shape index (κ1) is 27.0. The van der Waals surface area contributed by atoms with E-state index in [1.807, 2.05) is 37.3 Å². The standard InChI is InChI=1S/C27H35N3O6/c1-3-23(27(32)28-21-12-8-5-9-13-21)29(17-16-20-10-6-4-7-11-20)26(31)19-36-22-14-15-24(30(33)34)25(18-22)35-2/h4,6-7,10-11,14-15,18,21,23H,3,5,8-9,12-13,16-17,19H2,1-2H3,(H,28,32)/t23-/m1/s1. The van der Waals surface area contributed by atoms with E-state index < -0.39 is 11.0 Å². The fraction of sp³-hybridized carbons (Fsp3) is 0.481. The van der Waals surface area contributed by atoms with Crippen molar-refractivity contribution in [3.05, 3.63) is 64.2 Å². The normalized spacial score (nSPS) is 14.5. The fourth-order valence-electron chi connectivity index (χ4n) is 4.57. The average molecular weight is 498 g/mol. The van der Waals surface area contributed by atoms with Gasteiger partial charge in [-0.15, -0.1) is 0 Å². The average Bonchev–Trinajstić information content (AvgIpc) is 2.90. The van der Waals surface area contributed by atoms with Crippen molar-refractivity contribution in [1.29, 1.82) is 0 Å². The molecule has 1 fully saturated rings. The Kier molecular flexibility index (Phi) is 10.1. The zero-order valence-corrected chi connectivity index (χ0v) is 21.0. The van der Waals surface area contributed by atoms with E-state index in [4.69, 9.17) is 9.47 Å². The molecule has 1 atom stereocenters. The van der Waals surface area contributed by atoms with Gasteiger partial charge in [0, 0.05) is 24.7 Å². The van der Waals surface area contributed by atoms with E-state index in [0.29, 0.717) is 19.4 Å². The summed E-state index contributed by atoms with van der Waals surface area (Å²) in [4.78, 5) is 38.8. The lowest BCUT2D eigenvalue weighted by Crippen LogP contribution is -2.53. The Labute approximate surface area is 211 Å². The Hall–Kier alpha value is -3.62. The maximum atomic E-state index is 13.3. The lowest BCUT2D eigenvalue weighted by molar-refractivity contribution is -0.385. The van der Waals surface area contributed by atoms with Gasteiger partial charge < -0.3 is 19.7 Å². The van der Waals surface area contributed by atoms with Crippen LogP contribution < -0.4 is 14.8 Å². The minimum absolute atomic E-state index is 0.0455. The number of nitro benzene ring substituents is 1. The molecule has 1 N–H and O–H groups in total. The Balaban J connectivity index is 1.72. The molecule has 2 aromatic rings. The van der Waals surface area contributed by atoms with Crippen LogP contribution in [0.5, 0.6) is 11.5 Å². The molecule has 0 unspecified atom stereocenters. The minimum Gasteiger partial charge on any atom is -0.490 e. The molecule has 0 aliphatic heterocycles. The van der Waals surface area contributed by atoms with Gasteiger partial charge in [-0.2, -0.15) is 0 Å². The van der Waals surface area contributed by atoms with E-state index in [9.17, 15) is 19.7 Å². The van der Waals surface area contributed by atoms with Crippen molar-refractivity contribution in [1.82, 2.24) is 10.2 Å². The van der Waals surface area contributed by atoms with Crippen LogP contribution in [-0.4, -0.2) is 54.0 Å². The van der Waals surface area contributed by atoms with Gasteiger partial charge in [0.05, 0.1) is 12.0 Å². The summed E-state index contributed by atoms with van der Waals surface area (Å²) >= 11 is 0. The topological polar surface area (TPSA) is 111 Å². The second kappa shape index (κ2) is 13.5. The molecular weight excluding hydrogens is 462 g/mol. The number of ether oxygens (including phenoxy) is 2. The summed E-state index contributed by atoms with van der Waals surface area (Å²) in [6, 6.07) is 13.4. The first-order chi connectivity index (χ1) is 17.4. The first-order valence-electron chi connectivity index (χ1n) is 12.5. The second-order valence-electron chi connectivity index (χ2n) is 8.97. The second-order valence-corrected chi connectivity index (χ2v) is 8.97. The van der Waals surface area contributed by atoms with E-state index in [-0.39, 0.29) is 41.6 Å². The summed E-state index contributed by atoms with van der Waals surface area (Å²) in [6.07, 6.45) is 6.40. The molecule has 9 heteroatoms. The summed E-state index contributed by atoms with van der Waals surface area (Å²) in [5, 5.41) is 14.3. The van der Waals surface area contributed by atoms with Crippen LogP contribution in [0.4, 0.5) is 5.69 Å². The summed E-state index contributed by atoms with van der Waals surface area (Å²) in [5.74, 6) is -0.144. The van der Waals surface area contributed by atoms with Crippen molar-refractivity contribution >= 4 is 17.5 Å². The minimum atomic E-state index is -0.613. The van der Waals surface area contributed by atoms with Gasteiger partial charge in [0.25, 0.3) is 5.91 Å². The number of nitro groups is 1. The molecule has 0 spiro atoms. The molecule has 9 nitrogen and oxygen atoms in total. The largest absolute Gasteiger partial charge is 0.490 e. The van der Waals surface area contributed by atoms with E-state index in [1.165, 1.54) is 31.7 Å². The third kappa shape index (κ3) is 7.44. The predicted octanol–water partition coefficient (Wildman–Crippen LogP) is 4.28. The molecule has 194 valence electrons. The number of carbonyl (C=O) groups excluding carboxylic acids is 2. The van der Waals surface area contributed by atoms with Crippen LogP contribution in [0.25, 0.3) is 0 Å². The summed E-state index contributed by atoms with van der Waals surface area (Å²) in [6.45, 7) is 1.96. The predicted molar refractivity (Wildman–Crippen MR) is 136 cm³/mol. The molecule has 1 aliphatic rings.